The summed E-state index contributed by atoms with van der Waals surface area (Å²) in [5, 5.41) is 3.41. The number of anilines is 2. The topological polar surface area (TPSA) is 73.1 Å². The van der Waals surface area contributed by atoms with E-state index in [0.717, 1.165) is 0 Å². The van der Waals surface area contributed by atoms with Gasteiger partial charge in [0.05, 0.1) is 6.61 Å². The van der Waals surface area contributed by atoms with Gasteiger partial charge in [-0.2, -0.15) is 4.98 Å². The first kappa shape index (κ1) is 11.0. The Balaban J connectivity index is 2.66. The predicted octanol–water partition coefficient (Wildman–Crippen LogP) is 1.16. The number of aromatic nitrogens is 2. The van der Waals surface area contributed by atoms with E-state index in [2.05, 4.69) is 15.3 Å². The highest BCUT2D eigenvalue weighted by Gasteiger charge is 2.04. The first-order chi connectivity index (χ1) is 6.61. The van der Waals surface area contributed by atoms with Crippen LogP contribution in [0.5, 0.6) is 0 Å². The number of methoxy groups -OCH3 is 1. The molecule has 0 saturated heterocycles. The highest BCUT2D eigenvalue weighted by atomic mass is 35.5. The fourth-order valence-electron chi connectivity index (χ4n) is 1.05. The Bertz CT molecular complexity index is 287. The van der Waals surface area contributed by atoms with E-state index in [1.807, 2.05) is 6.92 Å². The monoisotopic (exact) mass is 216 g/mol. The molecule has 0 saturated carbocycles. The largest absolute Gasteiger partial charge is 0.383 e. The van der Waals surface area contributed by atoms with E-state index in [4.69, 9.17) is 22.1 Å². The van der Waals surface area contributed by atoms with Crippen LogP contribution in [0.3, 0.4) is 0 Å². The summed E-state index contributed by atoms with van der Waals surface area (Å²) in [5.41, 5.74) is 5.43. The van der Waals surface area contributed by atoms with Crippen molar-refractivity contribution in [2.24, 2.45) is 0 Å². The molecule has 1 unspecified atom stereocenters. The van der Waals surface area contributed by atoms with Gasteiger partial charge in [-0.3, -0.25) is 0 Å². The Morgan fingerprint density at radius 2 is 2.36 bits per heavy atom. The average molecular weight is 217 g/mol. The molecule has 0 amide bonds. The number of hydrogen-bond donors (Lipinski definition) is 2. The Kier molecular flexibility index (Phi) is 3.91. The van der Waals surface area contributed by atoms with Gasteiger partial charge in [0.1, 0.15) is 11.0 Å². The fourth-order valence-corrected chi connectivity index (χ4v) is 1.24. The zero-order chi connectivity index (χ0) is 10.6. The minimum Gasteiger partial charge on any atom is -0.383 e. The smallest absolute Gasteiger partial charge is 0.223 e. The van der Waals surface area contributed by atoms with E-state index in [1.165, 1.54) is 0 Å². The van der Waals surface area contributed by atoms with Gasteiger partial charge >= 0.3 is 0 Å². The molecule has 1 aromatic rings. The van der Waals surface area contributed by atoms with Crippen LogP contribution < -0.4 is 11.1 Å². The molecular formula is C8H13ClN4O. The van der Waals surface area contributed by atoms with Crippen LogP contribution in [-0.4, -0.2) is 29.7 Å². The zero-order valence-electron chi connectivity index (χ0n) is 8.12. The number of hydrogen-bond acceptors (Lipinski definition) is 5. The molecule has 14 heavy (non-hydrogen) atoms. The third-order valence-electron chi connectivity index (χ3n) is 1.52. The molecule has 0 bridgehead atoms. The van der Waals surface area contributed by atoms with Gasteiger partial charge in [0.2, 0.25) is 5.95 Å². The summed E-state index contributed by atoms with van der Waals surface area (Å²) < 4.78 is 4.97. The fraction of sp³-hybridized carbons (Fsp3) is 0.500. The normalized spacial score (nSPS) is 12.5. The van der Waals surface area contributed by atoms with Gasteiger partial charge in [-0.25, -0.2) is 4.98 Å². The number of nitrogens with zero attached hydrogens (tertiary/aromatic N) is 2. The number of rotatable bonds is 4. The van der Waals surface area contributed by atoms with E-state index in [-0.39, 0.29) is 12.0 Å². The van der Waals surface area contributed by atoms with Crippen LogP contribution in [0.1, 0.15) is 6.92 Å². The first-order valence-electron chi connectivity index (χ1n) is 4.17. The van der Waals surface area contributed by atoms with Crippen LogP contribution >= 0.6 is 11.6 Å². The van der Waals surface area contributed by atoms with Crippen LogP contribution in [0.15, 0.2) is 6.07 Å². The Morgan fingerprint density at radius 1 is 1.64 bits per heavy atom. The maximum atomic E-state index is 5.71. The van der Waals surface area contributed by atoms with Crippen LogP contribution in [0, 0.1) is 0 Å². The summed E-state index contributed by atoms with van der Waals surface area (Å²) in [6.07, 6.45) is 0. The van der Waals surface area contributed by atoms with E-state index < -0.39 is 0 Å². The number of nitrogens with one attached hydrogen (secondary N) is 1. The van der Waals surface area contributed by atoms with Gasteiger partial charge in [-0.15, -0.1) is 0 Å². The minimum atomic E-state index is 0.144. The molecule has 0 fully saturated rings. The second kappa shape index (κ2) is 4.97. The van der Waals surface area contributed by atoms with Crippen molar-refractivity contribution in [1.29, 1.82) is 0 Å². The summed E-state index contributed by atoms with van der Waals surface area (Å²) >= 11 is 5.71. The average Bonchev–Trinajstić information content (AvgIpc) is 2.01. The third kappa shape index (κ3) is 3.35. The number of nitrogens with two attached hydrogens (primary N) is 1. The van der Waals surface area contributed by atoms with Crippen LogP contribution in [0.2, 0.25) is 5.15 Å². The van der Waals surface area contributed by atoms with E-state index in [9.17, 15) is 0 Å². The Hall–Kier alpha value is -1.07. The number of halogens is 1. The lowest BCUT2D eigenvalue weighted by Gasteiger charge is -2.13. The number of nitrogen functional groups attached to an aromatic ring is 1. The second-order valence-corrected chi connectivity index (χ2v) is 3.32. The summed E-state index contributed by atoms with van der Waals surface area (Å²) in [7, 11) is 1.64. The lowest BCUT2D eigenvalue weighted by atomic mass is 10.3. The van der Waals surface area contributed by atoms with E-state index in [1.54, 1.807) is 13.2 Å². The molecule has 0 spiro atoms. The minimum absolute atomic E-state index is 0.144. The summed E-state index contributed by atoms with van der Waals surface area (Å²) in [5.74, 6) is 0.761. The first-order valence-corrected chi connectivity index (χ1v) is 4.55. The van der Waals surface area contributed by atoms with Gasteiger partial charge in [0, 0.05) is 19.2 Å². The van der Waals surface area contributed by atoms with Gasteiger partial charge in [-0.1, -0.05) is 11.6 Å². The third-order valence-corrected chi connectivity index (χ3v) is 1.72. The Morgan fingerprint density at radius 3 is 2.93 bits per heavy atom. The molecule has 5 nitrogen and oxygen atoms in total. The van der Waals surface area contributed by atoms with Crippen LogP contribution in [-0.2, 0) is 4.74 Å². The Labute approximate surface area is 87.6 Å². The molecule has 1 rings (SSSR count). The SMILES string of the molecule is COCC(C)Nc1cc(Cl)nc(N)n1. The predicted molar refractivity (Wildman–Crippen MR) is 56.4 cm³/mol. The molecule has 1 atom stereocenters. The quantitative estimate of drug-likeness (QED) is 0.739. The van der Waals surface area contributed by atoms with Crippen molar-refractivity contribution in [2.45, 2.75) is 13.0 Å². The van der Waals surface area contributed by atoms with Gasteiger partial charge in [0.15, 0.2) is 0 Å². The van der Waals surface area contributed by atoms with Crippen molar-refractivity contribution >= 4 is 23.4 Å². The summed E-state index contributed by atoms with van der Waals surface area (Å²) in [4.78, 5) is 7.72. The molecule has 0 radical (unpaired) electrons. The zero-order valence-corrected chi connectivity index (χ0v) is 8.88. The van der Waals surface area contributed by atoms with Crippen molar-refractivity contribution in [3.63, 3.8) is 0 Å². The second-order valence-electron chi connectivity index (χ2n) is 2.93. The lowest BCUT2D eigenvalue weighted by molar-refractivity contribution is 0.190. The molecule has 1 heterocycles. The van der Waals surface area contributed by atoms with Crippen molar-refractivity contribution in [3.8, 4) is 0 Å². The number of ether oxygens (including phenoxy) is 1. The molecule has 0 aliphatic rings. The molecule has 6 heteroatoms. The standard InChI is InChI=1S/C8H13ClN4O/c1-5(4-14-2)11-7-3-6(9)12-8(10)13-7/h3,5H,4H2,1-2H3,(H3,10,11,12,13). The van der Waals surface area contributed by atoms with Gasteiger partial charge in [0.25, 0.3) is 0 Å². The van der Waals surface area contributed by atoms with Crippen LogP contribution in [0.4, 0.5) is 11.8 Å². The van der Waals surface area contributed by atoms with Crippen molar-refractivity contribution < 1.29 is 4.74 Å². The molecule has 1 aromatic heterocycles. The maximum absolute atomic E-state index is 5.71. The molecule has 0 aliphatic carbocycles. The van der Waals surface area contributed by atoms with Crippen LogP contribution in [0.25, 0.3) is 0 Å². The molecular weight excluding hydrogens is 204 g/mol. The van der Waals surface area contributed by atoms with Crippen molar-refractivity contribution in [2.75, 3.05) is 24.8 Å². The molecule has 0 aromatic carbocycles. The summed E-state index contributed by atoms with van der Waals surface area (Å²) in [6, 6.07) is 1.76. The van der Waals surface area contributed by atoms with E-state index >= 15 is 0 Å². The van der Waals surface area contributed by atoms with E-state index in [0.29, 0.717) is 17.6 Å². The highest BCUT2D eigenvalue weighted by Crippen LogP contribution is 2.13. The summed E-state index contributed by atoms with van der Waals surface area (Å²) in [6.45, 7) is 2.55. The van der Waals surface area contributed by atoms with Crippen molar-refractivity contribution in [3.05, 3.63) is 11.2 Å². The molecule has 0 aliphatic heterocycles. The van der Waals surface area contributed by atoms with Gasteiger partial charge in [-0.05, 0) is 6.92 Å². The maximum Gasteiger partial charge on any atom is 0.223 e. The van der Waals surface area contributed by atoms with Crippen molar-refractivity contribution in [1.82, 2.24) is 9.97 Å². The highest BCUT2D eigenvalue weighted by molar-refractivity contribution is 6.29. The van der Waals surface area contributed by atoms with Gasteiger partial charge < -0.3 is 15.8 Å². The lowest BCUT2D eigenvalue weighted by Crippen LogP contribution is -2.21. The molecule has 78 valence electrons. The molecule has 3 N–H and O–H groups in total.